The molecule has 28 heavy (non-hydrogen) atoms. The predicted molar refractivity (Wildman–Crippen MR) is 107 cm³/mol. The van der Waals surface area contributed by atoms with Crippen molar-refractivity contribution in [3.8, 4) is 0 Å². The first-order valence-corrected chi connectivity index (χ1v) is 12.9. The van der Waals surface area contributed by atoms with Crippen molar-refractivity contribution in [1.82, 2.24) is 0 Å². The van der Waals surface area contributed by atoms with Crippen molar-refractivity contribution in [1.29, 1.82) is 0 Å². The van der Waals surface area contributed by atoms with Crippen LogP contribution in [-0.2, 0) is 22.5 Å². The minimum Gasteiger partial charge on any atom is -0.449 e. The largest absolute Gasteiger partial charge is 0.752 e. The average molecular weight is 411 g/mol. The molecule has 0 radical (unpaired) electrons. The quantitative estimate of drug-likeness (QED) is 0.404. The van der Waals surface area contributed by atoms with Gasteiger partial charge in [0.15, 0.2) is 0 Å². The molecule has 0 aromatic heterocycles. The third kappa shape index (κ3) is 4.38. The number of rotatable bonds is 4. The van der Waals surface area contributed by atoms with Crippen LogP contribution in [-0.4, -0.2) is 64.5 Å². The van der Waals surface area contributed by atoms with E-state index in [0.29, 0.717) is 25.2 Å². The van der Waals surface area contributed by atoms with Gasteiger partial charge in [-0.1, -0.05) is 32.3 Å². The van der Waals surface area contributed by atoms with Crippen molar-refractivity contribution in [2.75, 3.05) is 32.8 Å². The van der Waals surface area contributed by atoms with E-state index < -0.39 is 15.0 Å². The van der Waals surface area contributed by atoms with Crippen LogP contribution >= 0.6 is 0 Å². The van der Waals surface area contributed by atoms with Crippen LogP contribution in [0.3, 0.4) is 0 Å². The Morgan fingerprint density at radius 2 is 1.57 bits per heavy atom. The summed E-state index contributed by atoms with van der Waals surface area (Å²) in [6.07, 6.45) is 14.1. The van der Waals surface area contributed by atoms with Crippen molar-refractivity contribution in [2.45, 2.75) is 76.4 Å². The van der Waals surface area contributed by atoms with Crippen LogP contribution in [0.15, 0.2) is 12.7 Å². The van der Waals surface area contributed by atoms with Gasteiger partial charge in [0.25, 0.3) is 0 Å². The van der Waals surface area contributed by atoms with Gasteiger partial charge < -0.3 is 22.2 Å². The summed E-state index contributed by atoms with van der Waals surface area (Å²) in [5.74, 6) is -0.00390. The van der Waals surface area contributed by atoms with E-state index in [-0.39, 0.29) is 6.10 Å². The molecule has 1 unspecified atom stereocenters. The van der Waals surface area contributed by atoms with Gasteiger partial charge in [-0.15, -0.1) is 0 Å². The fraction of sp³-hybridized carbons (Fsp3) is 0.857. The maximum Gasteiger partial charge on any atom is 0.752 e. The van der Waals surface area contributed by atoms with Crippen molar-refractivity contribution < 1.29 is 27.0 Å². The van der Waals surface area contributed by atoms with E-state index in [1.807, 2.05) is 0 Å². The van der Waals surface area contributed by atoms with Gasteiger partial charge in [-0.25, -0.2) is 4.79 Å². The van der Waals surface area contributed by atoms with Crippen LogP contribution in [0.2, 0.25) is 0 Å². The maximum atomic E-state index is 12.0. The predicted octanol–water partition coefficient (Wildman–Crippen LogP) is 3.33. The molecule has 5 rings (SSSR count). The Morgan fingerprint density at radius 3 is 2.18 bits per heavy atom. The summed E-state index contributed by atoms with van der Waals surface area (Å²) in [5.41, 5.74) is 0. The molecule has 2 bridgehead atoms. The topological polar surface area (TPSA) is 54.0 Å². The lowest BCUT2D eigenvalue weighted by Crippen LogP contribution is -2.70. The minimum atomic E-state index is -3.47. The highest BCUT2D eigenvalue weighted by Gasteiger charge is 2.58. The summed E-state index contributed by atoms with van der Waals surface area (Å²) in [5, 5.41) is 0. The molecule has 2 aliphatic carbocycles. The van der Waals surface area contributed by atoms with E-state index in [1.54, 1.807) is 0 Å². The first-order valence-electron chi connectivity index (χ1n) is 11.3. The molecular weight excluding hydrogens is 374 g/mol. The monoisotopic (exact) mass is 410 g/mol. The van der Waals surface area contributed by atoms with Gasteiger partial charge in [-0.3, -0.25) is 0 Å². The molecule has 5 aliphatic rings. The summed E-state index contributed by atoms with van der Waals surface area (Å²) in [7, 11) is -3.47. The Labute approximate surface area is 170 Å². The standard InChI is InChI=1S/C21H36NO5Si/c1-2-21(23)27-28-24-15-13-22(14-16-25-28,19-11-7-4-8-12-19)17-20(26-28)18-9-5-3-6-10-18/h2,18-20H,1,3-17H2/q+1. The van der Waals surface area contributed by atoms with Crippen LogP contribution in [0.25, 0.3) is 0 Å². The zero-order valence-electron chi connectivity index (χ0n) is 17.1. The Morgan fingerprint density at radius 1 is 0.964 bits per heavy atom. The van der Waals surface area contributed by atoms with Crippen molar-refractivity contribution in [3.05, 3.63) is 12.7 Å². The molecule has 0 spiro atoms. The molecule has 1 atom stereocenters. The van der Waals surface area contributed by atoms with Gasteiger partial charge in [0.05, 0.1) is 19.3 Å². The SMILES string of the molecule is C=CC(=O)O[Si]12OCC[N+](C3CCCCC3)(CCO1)CC(C1CCCCC1)O2. The second-order valence-corrected chi connectivity index (χ2v) is 11.0. The molecular formula is C21H36NO5Si+. The molecule has 0 N–H and O–H groups in total. The van der Waals surface area contributed by atoms with Crippen molar-refractivity contribution in [3.63, 3.8) is 0 Å². The van der Waals surface area contributed by atoms with Gasteiger partial charge in [0.1, 0.15) is 25.7 Å². The lowest BCUT2D eigenvalue weighted by atomic mass is 9.84. The molecule has 158 valence electrons. The van der Waals surface area contributed by atoms with Gasteiger partial charge in [0, 0.05) is 6.08 Å². The molecule has 3 aliphatic heterocycles. The number of fused-ring (bicyclic) bond motifs is 6. The fourth-order valence-electron chi connectivity index (χ4n) is 5.83. The average Bonchev–Trinajstić information content (AvgIpc) is 2.70. The Hall–Kier alpha value is -0.733. The summed E-state index contributed by atoms with van der Waals surface area (Å²) in [6, 6.07) is 0.679. The van der Waals surface area contributed by atoms with Crippen LogP contribution < -0.4 is 0 Å². The smallest absolute Gasteiger partial charge is 0.449 e. The van der Waals surface area contributed by atoms with Crippen molar-refractivity contribution >= 4 is 15.0 Å². The highest BCUT2D eigenvalue weighted by Crippen LogP contribution is 2.38. The summed E-state index contributed by atoms with van der Waals surface area (Å²) in [4.78, 5) is 12.0. The third-order valence-electron chi connectivity index (χ3n) is 7.39. The number of hydrogen-bond donors (Lipinski definition) is 0. The van der Waals surface area contributed by atoms with Gasteiger partial charge in [-0.05, 0) is 44.4 Å². The molecule has 0 aromatic rings. The lowest BCUT2D eigenvalue weighted by Gasteiger charge is -2.52. The normalized spacial score (nSPS) is 38.2. The second kappa shape index (κ2) is 8.96. The Bertz CT molecular complexity index is 549. The summed E-state index contributed by atoms with van der Waals surface area (Å²) < 4.78 is 25.5. The first-order chi connectivity index (χ1) is 13.6. The zero-order valence-corrected chi connectivity index (χ0v) is 18.1. The number of hydrogen-bond acceptors (Lipinski definition) is 5. The summed E-state index contributed by atoms with van der Waals surface area (Å²) in [6.45, 7) is 7.56. The van der Waals surface area contributed by atoms with Crippen LogP contribution in [0, 0.1) is 5.92 Å². The van der Waals surface area contributed by atoms with E-state index in [1.165, 1.54) is 70.3 Å². The maximum absolute atomic E-state index is 12.0. The van der Waals surface area contributed by atoms with E-state index >= 15 is 0 Å². The van der Waals surface area contributed by atoms with E-state index in [0.717, 1.165) is 24.1 Å². The molecule has 6 nitrogen and oxygen atoms in total. The van der Waals surface area contributed by atoms with Gasteiger partial charge in [-0.2, -0.15) is 0 Å². The molecule has 3 heterocycles. The fourth-order valence-corrected chi connectivity index (χ4v) is 7.87. The molecule has 0 aromatic carbocycles. The molecule has 0 amide bonds. The van der Waals surface area contributed by atoms with E-state index in [9.17, 15) is 4.79 Å². The number of quaternary nitrogens is 1. The zero-order chi connectivity index (χ0) is 19.5. The molecule has 7 heteroatoms. The number of nitrogens with zero attached hydrogens (tertiary/aromatic N) is 1. The third-order valence-corrected chi connectivity index (χ3v) is 9.55. The Kier molecular flexibility index (Phi) is 6.57. The minimum absolute atomic E-state index is 0.0482. The van der Waals surface area contributed by atoms with Crippen molar-refractivity contribution in [2.24, 2.45) is 5.92 Å². The molecule has 2 saturated carbocycles. The molecule has 3 saturated heterocycles. The van der Waals surface area contributed by atoms with Crippen LogP contribution in [0.1, 0.15) is 64.2 Å². The Balaban J connectivity index is 1.61. The lowest BCUT2D eigenvalue weighted by molar-refractivity contribution is -0.957. The van der Waals surface area contributed by atoms with Crippen LogP contribution in [0.4, 0.5) is 0 Å². The van der Waals surface area contributed by atoms with Crippen LogP contribution in [0.5, 0.6) is 0 Å². The summed E-state index contributed by atoms with van der Waals surface area (Å²) >= 11 is 0. The second-order valence-electron chi connectivity index (χ2n) is 9.02. The first kappa shape index (κ1) is 20.5. The van der Waals surface area contributed by atoms with Gasteiger partial charge >= 0.3 is 15.0 Å². The molecule has 5 fully saturated rings. The highest BCUT2D eigenvalue weighted by atomic mass is 28.4. The number of carbonyl (C=O) groups is 1. The van der Waals surface area contributed by atoms with Gasteiger partial charge in [0.2, 0.25) is 0 Å². The highest BCUT2D eigenvalue weighted by molar-refractivity contribution is 6.55. The van der Waals surface area contributed by atoms with E-state index in [2.05, 4.69) is 6.58 Å². The van der Waals surface area contributed by atoms with E-state index in [4.69, 9.17) is 17.7 Å². The number of carbonyl (C=O) groups excluding carboxylic acids is 1.